The Balaban J connectivity index is 2.72. The van der Waals surface area contributed by atoms with E-state index in [4.69, 9.17) is 14.2 Å². The van der Waals surface area contributed by atoms with Crippen LogP contribution in [0.5, 0.6) is 0 Å². The Morgan fingerprint density at radius 3 is 2.00 bits per heavy atom. The average molecular weight is 379 g/mol. The summed E-state index contributed by atoms with van der Waals surface area (Å²) in [5.74, 6) is -1.37. The highest BCUT2D eigenvalue weighted by Crippen LogP contribution is 2.12. The van der Waals surface area contributed by atoms with Crippen LogP contribution in [0.1, 0.15) is 53.5 Å². The number of alkyl carbamates (subject to hydrolysis) is 1. The minimum absolute atomic E-state index is 0.0765. The first kappa shape index (κ1) is 22.5. The zero-order valence-corrected chi connectivity index (χ0v) is 16.8. The fourth-order valence-corrected chi connectivity index (χ4v) is 1.98. The summed E-state index contributed by atoms with van der Waals surface area (Å²) < 4.78 is 15.6. The summed E-state index contributed by atoms with van der Waals surface area (Å²) in [6.07, 6.45) is -1.17. The van der Waals surface area contributed by atoms with Crippen molar-refractivity contribution in [1.29, 1.82) is 0 Å². The molecule has 1 aromatic carbocycles. The van der Waals surface area contributed by atoms with Crippen LogP contribution in [0.15, 0.2) is 30.3 Å². The second kappa shape index (κ2) is 9.39. The van der Waals surface area contributed by atoms with E-state index in [-0.39, 0.29) is 13.0 Å². The Labute approximate surface area is 160 Å². The highest BCUT2D eigenvalue weighted by Gasteiger charge is 2.31. The molecular weight excluding hydrogens is 350 g/mol. The molecule has 0 heterocycles. The SMILES string of the molecule is CC(C)(C)OC(=O)N[C@@H](CC(=O)OCc1ccccc1)C(=O)OC(C)(C)C. The van der Waals surface area contributed by atoms with Gasteiger partial charge in [0.05, 0.1) is 6.42 Å². The van der Waals surface area contributed by atoms with E-state index in [9.17, 15) is 14.4 Å². The van der Waals surface area contributed by atoms with Crippen LogP contribution in [0.25, 0.3) is 0 Å². The molecule has 0 aromatic heterocycles. The summed E-state index contributed by atoms with van der Waals surface area (Å²) in [6, 6.07) is 7.94. The van der Waals surface area contributed by atoms with Crippen LogP contribution >= 0.6 is 0 Å². The quantitative estimate of drug-likeness (QED) is 0.602. The predicted molar refractivity (Wildman–Crippen MR) is 99.9 cm³/mol. The van der Waals surface area contributed by atoms with Gasteiger partial charge in [-0.15, -0.1) is 0 Å². The Kier molecular flexibility index (Phi) is 7.82. The number of hydrogen-bond acceptors (Lipinski definition) is 6. The fraction of sp³-hybridized carbons (Fsp3) is 0.550. The second-order valence-corrected chi connectivity index (χ2v) is 8.08. The van der Waals surface area contributed by atoms with Gasteiger partial charge in [-0.25, -0.2) is 9.59 Å². The largest absolute Gasteiger partial charge is 0.461 e. The third-order valence-corrected chi connectivity index (χ3v) is 3.00. The minimum Gasteiger partial charge on any atom is -0.461 e. The Morgan fingerprint density at radius 2 is 1.48 bits per heavy atom. The summed E-state index contributed by atoms with van der Waals surface area (Å²) >= 11 is 0. The number of nitrogens with one attached hydrogen (secondary N) is 1. The molecule has 0 saturated heterocycles. The van der Waals surface area contributed by atoms with E-state index in [0.29, 0.717) is 0 Å². The van der Waals surface area contributed by atoms with E-state index in [1.54, 1.807) is 41.5 Å². The van der Waals surface area contributed by atoms with Gasteiger partial charge in [0.25, 0.3) is 0 Å². The zero-order valence-electron chi connectivity index (χ0n) is 16.8. The maximum Gasteiger partial charge on any atom is 0.408 e. The molecule has 0 radical (unpaired) electrons. The number of esters is 2. The maximum atomic E-state index is 12.4. The predicted octanol–water partition coefficient (Wildman–Crippen LogP) is 3.35. The first-order valence-corrected chi connectivity index (χ1v) is 8.78. The molecule has 0 aliphatic carbocycles. The van der Waals surface area contributed by atoms with E-state index in [2.05, 4.69) is 5.32 Å². The molecule has 1 aromatic rings. The first-order chi connectivity index (χ1) is 12.4. The normalized spacial score (nSPS) is 12.7. The van der Waals surface area contributed by atoms with Crippen molar-refractivity contribution < 1.29 is 28.6 Å². The molecule has 0 aliphatic heterocycles. The number of carbonyl (C=O) groups is 3. The van der Waals surface area contributed by atoms with Gasteiger partial charge in [-0.05, 0) is 47.1 Å². The summed E-state index contributed by atoms with van der Waals surface area (Å²) in [5, 5.41) is 2.39. The molecule has 1 amide bonds. The number of carbonyl (C=O) groups excluding carboxylic acids is 3. The molecule has 0 aliphatic rings. The average Bonchev–Trinajstić information content (AvgIpc) is 2.50. The summed E-state index contributed by atoms with van der Waals surface area (Å²) in [7, 11) is 0. The number of hydrogen-bond donors (Lipinski definition) is 1. The topological polar surface area (TPSA) is 90.9 Å². The number of benzene rings is 1. The number of amides is 1. The standard InChI is InChI=1S/C20H29NO6/c1-19(2,3)26-17(23)15(21-18(24)27-20(4,5)6)12-16(22)25-13-14-10-8-7-9-11-14/h7-11,15H,12-13H2,1-6H3,(H,21,24)/t15-/m0/s1. The van der Waals surface area contributed by atoms with Crippen molar-refractivity contribution in [2.24, 2.45) is 0 Å². The molecular formula is C20H29NO6. The Bertz CT molecular complexity index is 643. The van der Waals surface area contributed by atoms with Crippen LogP contribution in [-0.2, 0) is 30.4 Å². The molecule has 0 spiro atoms. The van der Waals surface area contributed by atoms with Crippen molar-refractivity contribution in [2.75, 3.05) is 0 Å². The van der Waals surface area contributed by atoms with Crippen LogP contribution in [0.3, 0.4) is 0 Å². The van der Waals surface area contributed by atoms with E-state index in [1.807, 2.05) is 30.3 Å². The van der Waals surface area contributed by atoms with E-state index in [1.165, 1.54) is 0 Å². The molecule has 1 atom stereocenters. The molecule has 1 N–H and O–H groups in total. The minimum atomic E-state index is -1.21. The highest BCUT2D eigenvalue weighted by atomic mass is 16.6. The van der Waals surface area contributed by atoms with Crippen molar-refractivity contribution in [3.63, 3.8) is 0 Å². The first-order valence-electron chi connectivity index (χ1n) is 8.78. The Hall–Kier alpha value is -2.57. The van der Waals surface area contributed by atoms with Crippen molar-refractivity contribution in [3.05, 3.63) is 35.9 Å². The maximum absolute atomic E-state index is 12.4. The van der Waals surface area contributed by atoms with Crippen molar-refractivity contribution >= 4 is 18.0 Å². The van der Waals surface area contributed by atoms with E-state index >= 15 is 0 Å². The van der Waals surface area contributed by atoms with E-state index in [0.717, 1.165) is 5.56 Å². The third kappa shape index (κ3) is 10.2. The molecule has 150 valence electrons. The second-order valence-electron chi connectivity index (χ2n) is 8.08. The molecule has 0 fully saturated rings. The van der Waals surface area contributed by atoms with Gasteiger partial charge < -0.3 is 19.5 Å². The molecule has 0 bridgehead atoms. The van der Waals surface area contributed by atoms with Gasteiger partial charge in [0.2, 0.25) is 0 Å². The Morgan fingerprint density at radius 1 is 0.926 bits per heavy atom. The van der Waals surface area contributed by atoms with Crippen LogP contribution in [0, 0.1) is 0 Å². The van der Waals surface area contributed by atoms with Gasteiger partial charge in [0, 0.05) is 0 Å². The zero-order chi connectivity index (χ0) is 20.7. The van der Waals surface area contributed by atoms with Crippen molar-refractivity contribution in [1.82, 2.24) is 5.32 Å². The summed E-state index contributed by atoms with van der Waals surface area (Å²) in [4.78, 5) is 36.5. The fourth-order valence-electron chi connectivity index (χ4n) is 1.98. The number of rotatable bonds is 6. The molecule has 27 heavy (non-hydrogen) atoms. The molecule has 7 heteroatoms. The van der Waals surface area contributed by atoms with Crippen LogP contribution < -0.4 is 5.32 Å². The van der Waals surface area contributed by atoms with Gasteiger partial charge >= 0.3 is 18.0 Å². The van der Waals surface area contributed by atoms with Crippen molar-refractivity contribution in [3.8, 4) is 0 Å². The highest BCUT2D eigenvalue weighted by molar-refractivity contribution is 5.86. The van der Waals surface area contributed by atoms with Gasteiger partial charge in [0.1, 0.15) is 23.9 Å². The third-order valence-electron chi connectivity index (χ3n) is 3.00. The van der Waals surface area contributed by atoms with Crippen LogP contribution in [0.2, 0.25) is 0 Å². The smallest absolute Gasteiger partial charge is 0.408 e. The molecule has 1 rings (SSSR count). The number of ether oxygens (including phenoxy) is 3. The lowest BCUT2D eigenvalue weighted by atomic mass is 10.1. The lowest BCUT2D eigenvalue weighted by Crippen LogP contribution is -2.47. The lowest BCUT2D eigenvalue weighted by Gasteiger charge is -2.25. The van der Waals surface area contributed by atoms with E-state index < -0.39 is 35.3 Å². The van der Waals surface area contributed by atoms with Crippen LogP contribution in [0.4, 0.5) is 4.79 Å². The lowest BCUT2D eigenvalue weighted by molar-refractivity contribution is -0.161. The molecule has 0 saturated carbocycles. The van der Waals surface area contributed by atoms with Gasteiger partial charge in [0.15, 0.2) is 0 Å². The summed E-state index contributed by atoms with van der Waals surface area (Å²) in [6.45, 7) is 10.3. The van der Waals surface area contributed by atoms with Gasteiger partial charge in [-0.2, -0.15) is 0 Å². The van der Waals surface area contributed by atoms with Crippen molar-refractivity contribution in [2.45, 2.75) is 71.8 Å². The monoisotopic (exact) mass is 379 g/mol. The molecule has 0 unspecified atom stereocenters. The summed E-state index contributed by atoms with van der Waals surface area (Å²) in [5.41, 5.74) is -0.685. The van der Waals surface area contributed by atoms with Crippen LogP contribution in [-0.4, -0.2) is 35.3 Å². The van der Waals surface area contributed by atoms with Gasteiger partial charge in [-0.3, -0.25) is 4.79 Å². The van der Waals surface area contributed by atoms with Gasteiger partial charge in [-0.1, -0.05) is 30.3 Å². The molecule has 7 nitrogen and oxygen atoms in total.